The summed E-state index contributed by atoms with van der Waals surface area (Å²) in [6.45, 7) is 0. The molecule has 0 saturated heterocycles. The molecule has 0 amide bonds. The van der Waals surface area contributed by atoms with Gasteiger partial charge in [-0.3, -0.25) is 4.79 Å². The van der Waals surface area contributed by atoms with Gasteiger partial charge in [-0.15, -0.1) is 0 Å². The van der Waals surface area contributed by atoms with E-state index in [4.69, 9.17) is 0 Å². The van der Waals surface area contributed by atoms with Gasteiger partial charge in [0.1, 0.15) is 12.0 Å². The van der Waals surface area contributed by atoms with E-state index < -0.39 is 38.6 Å². The van der Waals surface area contributed by atoms with Crippen molar-refractivity contribution in [2.24, 2.45) is 0 Å². The largest absolute Gasteiger partial charge is 0.468 e. The zero-order chi connectivity index (χ0) is 14.8. The molecule has 1 unspecified atom stereocenters. The minimum atomic E-state index is -4.77. The monoisotopic (exact) mass is 298 g/mol. The van der Waals surface area contributed by atoms with Gasteiger partial charge in [-0.25, -0.2) is 18.4 Å². The predicted octanol–water partition coefficient (Wildman–Crippen LogP) is 0.754. The van der Waals surface area contributed by atoms with Crippen molar-refractivity contribution in [3.8, 4) is 0 Å². The van der Waals surface area contributed by atoms with Gasteiger partial charge in [-0.1, -0.05) is 0 Å². The topological polar surface area (TPSA) is 86.2 Å². The van der Waals surface area contributed by atoms with Gasteiger partial charge in [0.25, 0.3) is 0 Å². The highest BCUT2D eigenvalue weighted by molar-refractivity contribution is 7.91. The normalized spacial score (nSPS) is 13.9. The van der Waals surface area contributed by atoms with Crippen LogP contribution in [0.25, 0.3) is 0 Å². The number of hydrogen-bond donors (Lipinski definition) is 0. The van der Waals surface area contributed by atoms with Crippen LogP contribution < -0.4 is 0 Å². The molecule has 0 N–H and O–H groups in total. The Morgan fingerprint density at radius 1 is 1.37 bits per heavy atom. The first kappa shape index (κ1) is 15.3. The van der Waals surface area contributed by atoms with Crippen LogP contribution in [0.15, 0.2) is 12.4 Å². The zero-order valence-corrected chi connectivity index (χ0v) is 10.6. The van der Waals surface area contributed by atoms with E-state index in [9.17, 15) is 26.4 Å². The molecule has 1 aromatic heterocycles. The van der Waals surface area contributed by atoms with Crippen LogP contribution in [0.4, 0.5) is 13.2 Å². The maximum Gasteiger partial charge on any atom is 0.433 e. The minimum absolute atomic E-state index is 0.405. The third-order valence-electron chi connectivity index (χ3n) is 2.09. The smallest absolute Gasteiger partial charge is 0.433 e. The number of nitrogens with zero attached hydrogens (tertiary/aromatic N) is 2. The summed E-state index contributed by atoms with van der Waals surface area (Å²) in [5.41, 5.74) is -1.92. The number of rotatable bonds is 3. The van der Waals surface area contributed by atoms with Gasteiger partial charge >= 0.3 is 12.1 Å². The molecule has 0 fully saturated rings. The van der Waals surface area contributed by atoms with Crippen molar-refractivity contribution >= 4 is 15.8 Å². The highest BCUT2D eigenvalue weighted by Gasteiger charge is 2.37. The van der Waals surface area contributed by atoms with Crippen LogP contribution in [-0.2, 0) is 25.5 Å². The molecule has 0 aliphatic rings. The molecule has 1 heterocycles. The molecule has 6 nitrogen and oxygen atoms in total. The lowest BCUT2D eigenvalue weighted by molar-refractivity contribution is -0.142. The second-order valence-electron chi connectivity index (χ2n) is 3.56. The quantitative estimate of drug-likeness (QED) is 0.766. The summed E-state index contributed by atoms with van der Waals surface area (Å²) in [4.78, 5) is 17.8. The number of carbonyl (C=O) groups excluding carboxylic acids is 1. The Bertz CT molecular complexity index is 585. The van der Waals surface area contributed by atoms with E-state index in [1.807, 2.05) is 0 Å². The molecule has 0 bridgehead atoms. The molecule has 0 aliphatic heterocycles. The van der Waals surface area contributed by atoms with E-state index in [2.05, 4.69) is 14.7 Å². The van der Waals surface area contributed by atoms with Crippen LogP contribution in [-0.4, -0.2) is 37.7 Å². The average Bonchev–Trinajstić information content (AvgIpc) is 2.26. The van der Waals surface area contributed by atoms with Gasteiger partial charge in [-0.2, -0.15) is 13.2 Å². The van der Waals surface area contributed by atoms with Crippen LogP contribution in [0.2, 0.25) is 0 Å². The van der Waals surface area contributed by atoms with Crippen molar-refractivity contribution in [1.29, 1.82) is 0 Å². The van der Waals surface area contributed by atoms with E-state index in [1.54, 1.807) is 0 Å². The highest BCUT2D eigenvalue weighted by Crippen LogP contribution is 2.30. The number of aromatic nitrogens is 2. The fraction of sp³-hybridized carbons (Fsp3) is 0.444. The van der Waals surface area contributed by atoms with E-state index in [0.29, 0.717) is 18.6 Å². The maximum atomic E-state index is 12.5. The Kier molecular flexibility index (Phi) is 4.13. The van der Waals surface area contributed by atoms with E-state index in [0.717, 1.165) is 7.11 Å². The fourth-order valence-electron chi connectivity index (χ4n) is 1.29. The summed E-state index contributed by atoms with van der Waals surface area (Å²) in [5, 5.41) is -1.92. The number of carbonyl (C=O) groups is 1. The average molecular weight is 298 g/mol. The van der Waals surface area contributed by atoms with Crippen LogP contribution in [0.5, 0.6) is 0 Å². The maximum absolute atomic E-state index is 12.5. The summed E-state index contributed by atoms with van der Waals surface area (Å²) < 4.78 is 64.5. The number of ether oxygens (including phenoxy) is 1. The Balaban J connectivity index is 3.37. The molecule has 0 aromatic carbocycles. The molecule has 10 heteroatoms. The van der Waals surface area contributed by atoms with Gasteiger partial charge in [0.2, 0.25) is 0 Å². The second kappa shape index (κ2) is 5.11. The van der Waals surface area contributed by atoms with Gasteiger partial charge in [0, 0.05) is 6.26 Å². The SMILES string of the molecule is COC(=O)C(c1cc(C(F)(F)F)ncn1)S(C)(=O)=O. The van der Waals surface area contributed by atoms with Crippen LogP contribution in [0.1, 0.15) is 16.6 Å². The molecular weight excluding hydrogens is 289 g/mol. The van der Waals surface area contributed by atoms with Crippen molar-refractivity contribution in [2.45, 2.75) is 11.4 Å². The third kappa shape index (κ3) is 3.63. The number of alkyl halides is 3. The lowest BCUT2D eigenvalue weighted by Gasteiger charge is -2.13. The van der Waals surface area contributed by atoms with Crippen molar-refractivity contribution in [3.05, 3.63) is 23.8 Å². The third-order valence-corrected chi connectivity index (χ3v) is 3.38. The van der Waals surface area contributed by atoms with E-state index in [-0.39, 0.29) is 0 Å². The molecule has 0 saturated carbocycles. The van der Waals surface area contributed by atoms with Crippen molar-refractivity contribution in [2.75, 3.05) is 13.4 Å². The predicted molar refractivity (Wildman–Crippen MR) is 56.6 cm³/mol. The molecule has 0 aliphatic carbocycles. The Labute approximate surface area is 106 Å². The number of halogens is 3. The van der Waals surface area contributed by atoms with Crippen LogP contribution in [0.3, 0.4) is 0 Å². The molecule has 106 valence electrons. The van der Waals surface area contributed by atoms with Gasteiger partial charge < -0.3 is 4.74 Å². The molecule has 0 radical (unpaired) electrons. The highest BCUT2D eigenvalue weighted by atomic mass is 32.2. The first-order chi connectivity index (χ1) is 8.57. The molecule has 19 heavy (non-hydrogen) atoms. The van der Waals surface area contributed by atoms with E-state index >= 15 is 0 Å². The summed E-state index contributed by atoms with van der Waals surface area (Å²) in [6.07, 6.45) is -3.53. The van der Waals surface area contributed by atoms with Crippen LogP contribution >= 0.6 is 0 Å². The van der Waals surface area contributed by atoms with Crippen molar-refractivity contribution in [3.63, 3.8) is 0 Å². The van der Waals surface area contributed by atoms with Crippen LogP contribution in [0, 0.1) is 0 Å². The minimum Gasteiger partial charge on any atom is -0.468 e. The molecular formula is C9H9F3N2O4S. The lowest BCUT2D eigenvalue weighted by atomic mass is 10.2. The molecule has 1 atom stereocenters. The lowest BCUT2D eigenvalue weighted by Crippen LogP contribution is -2.24. The van der Waals surface area contributed by atoms with Gasteiger partial charge in [0.05, 0.1) is 12.8 Å². The Hall–Kier alpha value is -1.71. The number of methoxy groups -OCH3 is 1. The summed E-state index contributed by atoms with van der Waals surface area (Å²) in [7, 11) is -3.10. The van der Waals surface area contributed by atoms with Gasteiger partial charge in [-0.05, 0) is 6.07 Å². The molecule has 1 rings (SSSR count). The first-order valence-electron chi connectivity index (χ1n) is 4.73. The second-order valence-corrected chi connectivity index (χ2v) is 5.69. The van der Waals surface area contributed by atoms with Crippen molar-refractivity contribution < 1.29 is 31.1 Å². The zero-order valence-electron chi connectivity index (χ0n) is 9.80. The summed E-state index contributed by atoms with van der Waals surface area (Å²) >= 11 is 0. The number of hydrogen-bond acceptors (Lipinski definition) is 6. The molecule has 1 aromatic rings. The Morgan fingerprint density at radius 2 is 1.95 bits per heavy atom. The van der Waals surface area contributed by atoms with Crippen molar-refractivity contribution in [1.82, 2.24) is 9.97 Å². The number of esters is 1. The standard InChI is InChI=1S/C9H9F3N2O4S/c1-18-8(15)7(19(2,16)17)5-3-6(9(10,11)12)14-4-13-5/h3-4,7H,1-2H3. The fourth-order valence-corrected chi connectivity index (χ4v) is 2.31. The molecule has 0 spiro atoms. The summed E-state index contributed by atoms with van der Waals surface area (Å²) in [5.74, 6) is -1.21. The summed E-state index contributed by atoms with van der Waals surface area (Å²) in [6, 6.07) is 0.405. The first-order valence-corrected chi connectivity index (χ1v) is 6.68. The Morgan fingerprint density at radius 3 is 2.37 bits per heavy atom. The van der Waals surface area contributed by atoms with E-state index in [1.165, 1.54) is 0 Å². The number of sulfone groups is 1. The van der Waals surface area contributed by atoms with Gasteiger partial charge in [0.15, 0.2) is 15.1 Å².